The van der Waals surface area contributed by atoms with Gasteiger partial charge in [-0.05, 0) is 49.2 Å². The molecule has 0 amide bonds. The topological polar surface area (TPSA) is 41.6 Å². The number of halogens is 6. The Kier molecular flexibility index (Phi) is 6.06. The van der Waals surface area contributed by atoms with Crippen LogP contribution in [0.2, 0.25) is 0 Å². The van der Waals surface area contributed by atoms with Gasteiger partial charge in [0.15, 0.2) is 0 Å². The number of aryl methyl sites for hydroxylation is 2. The highest BCUT2D eigenvalue weighted by Gasteiger charge is 2.48. The van der Waals surface area contributed by atoms with Gasteiger partial charge >= 0.3 is 12.4 Å². The van der Waals surface area contributed by atoms with E-state index in [-0.39, 0.29) is 11.1 Å². The highest BCUT2D eigenvalue weighted by molar-refractivity contribution is 7.19. The van der Waals surface area contributed by atoms with Crippen LogP contribution in [0.25, 0.3) is 64.2 Å². The van der Waals surface area contributed by atoms with E-state index >= 15 is 0 Å². The smallest absolute Gasteiger partial charge is 0.354 e. The van der Waals surface area contributed by atoms with Crippen molar-refractivity contribution in [2.45, 2.75) is 26.2 Å². The second-order valence-corrected chi connectivity index (χ2v) is 12.8. The van der Waals surface area contributed by atoms with Gasteiger partial charge in [-0.15, -0.1) is 22.7 Å². The van der Waals surface area contributed by atoms with E-state index in [1.54, 1.807) is 6.07 Å². The van der Waals surface area contributed by atoms with Crippen LogP contribution in [-0.4, -0.2) is 13.7 Å². The molecular formula is C30H17F6N3S3. The number of aromatic nitrogens is 3. The number of hydrogen-bond acceptors (Lipinski definition) is 5. The number of nitrogens with one attached hydrogen (secondary N) is 1. The lowest BCUT2D eigenvalue weighted by molar-refractivity contribution is -0.161. The predicted molar refractivity (Wildman–Crippen MR) is 158 cm³/mol. The number of nitrogens with zero attached hydrogens (tertiary/aromatic N) is 2. The average molecular weight is 630 g/mol. The molecule has 0 bridgehead atoms. The van der Waals surface area contributed by atoms with Crippen LogP contribution in [0.4, 0.5) is 26.3 Å². The second kappa shape index (κ2) is 9.38. The Hall–Kier alpha value is -3.74. The maximum Gasteiger partial charge on any atom is 0.418 e. The Morgan fingerprint density at radius 2 is 1.26 bits per heavy atom. The molecule has 7 rings (SSSR count). The number of alkyl halides is 6. The molecule has 0 aliphatic rings. The van der Waals surface area contributed by atoms with Crippen LogP contribution in [0.1, 0.15) is 21.6 Å². The molecule has 0 saturated carbocycles. The maximum absolute atomic E-state index is 14.0. The molecule has 0 spiro atoms. The van der Waals surface area contributed by atoms with E-state index in [4.69, 9.17) is 0 Å². The van der Waals surface area contributed by atoms with Gasteiger partial charge < -0.3 is 4.98 Å². The number of fused-ring (bicyclic) bond motifs is 4. The van der Waals surface area contributed by atoms with Crippen LogP contribution in [0.3, 0.4) is 0 Å². The first-order valence-corrected chi connectivity index (χ1v) is 14.9. The molecule has 212 valence electrons. The van der Waals surface area contributed by atoms with Crippen LogP contribution in [0.15, 0.2) is 60.7 Å². The fourth-order valence-electron chi connectivity index (χ4n) is 5.41. The Bertz CT molecular complexity index is 2160. The zero-order valence-corrected chi connectivity index (χ0v) is 24.1. The first kappa shape index (κ1) is 27.1. The first-order chi connectivity index (χ1) is 19.9. The van der Waals surface area contributed by atoms with Gasteiger partial charge in [0, 0.05) is 52.4 Å². The molecule has 3 nitrogen and oxygen atoms in total. The molecule has 0 aliphatic carbocycles. The van der Waals surface area contributed by atoms with Crippen LogP contribution >= 0.6 is 34.4 Å². The van der Waals surface area contributed by atoms with Gasteiger partial charge in [0.05, 0.1) is 22.9 Å². The molecule has 0 saturated heterocycles. The maximum atomic E-state index is 14.0. The van der Waals surface area contributed by atoms with Crippen molar-refractivity contribution in [3.05, 3.63) is 82.2 Å². The van der Waals surface area contributed by atoms with Crippen molar-refractivity contribution < 1.29 is 26.3 Å². The number of rotatable bonds is 3. The third kappa shape index (κ3) is 4.31. The minimum Gasteiger partial charge on any atom is -0.354 e. The number of hydrogen-bond donors (Lipinski definition) is 1. The summed E-state index contributed by atoms with van der Waals surface area (Å²) < 4.78 is 91.7. The van der Waals surface area contributed by atoms with Crippen molar-refractivity contribution >= 4 is 67.2 Å². The quantitative estimate of drug-likeness (QED) is 0.198. The zero-order valence-electron chi connectivity index (χ0n) is 21.7. The van der Waals surface area contributed by atoms with E-state index in [9.17, 15) is 26.3 Å². The fraction of sp³-hybridized carbons (Fsp3) is 0.133. The summed E-state index contributed by atoms with van der Waals surface area (Å²) >= 11 is 2.77. The van der Waals surface area contributed by atoms with Gasteiger partial charge in [0.1, 0.15) is 11.0 Å². The van der Waals surface area contributed by atoms with E-state index in [2.05, 4.69) is 44.1 Å². The van der Waals surface area contributed by atoms with Gasteiger partial charge in [-0.25, -0.2) is 0 Å². The third-order valence-corrected chi connectivity index (χ3v) is 10.1. The second-order valence-electron chi connectivity index (χ2n) is 9.95. The first-order valence-electron chi connectivity index (χ1n) is 12.6. The van der Waals surface area contributed by atoms with Crippen molar-refractivity contribution in [2.75, 3.05) is 0 Å². The lowest BCUT2D eigenvalue weighted by Gasteiger charge is -2.14. The summed E-state index contributed by atoms with van der Waals surface area (Å²) in [5, 5.41) is 2.26. The predicted octanol–water partition coefficient (Wildman–Crippen LogP) is 11.1. The largest absolute Gasteiger partial charge is 0.418 e. The Morgan fingerprint density at radius 1 is 0.643 bits per heavy atom. The minimum absolute atomic E-state index is 0.0188. The molecule has 12 heteroatoms. The van der Waals surface area contributed by atoms with E-state index in [1.165, 1.54) is 17.4 Å². The number of H-pyrrole nitrogens is 1. The molecule has 7 aromatic rings. The summed E-state index contributed by atoms with van der Waals surface area (Å²) in [4.78, 5) is 4.31. The van der Waals surface area contributed by atoms with Crippen molar-refractivity contribution in [1.82, 2.24) is 13.7 Å². The normalized spacial score (nSPS) is 12.8. The van der Waals surface area contributed by atoms with Crippen LogP contribution < -0.4 is 0 Å². The minimum atomic E-state index is -5.20. The van der Waals surface area contributed by atoms with E-state index in [0.29, 0.717) is 22.4 Å². The van der Waals surface area contributed by atoms with Crippen LogP contribution in [0, 0.1) is 13.8 Å². The summed E-state index contributed by atoms with van der Waals surface area (Å²) in [5.41, 5.74) is 2.01. The van der Waals surface area contributed by atoms with Crippen molar-refractivity contribution in [1.29, 1.82) is 0 Å². The van der Waals surface area contributed by atoms with Gasteiger partial charge in [0.2, 0.25) is 0 Å². The van der Waals surface area contributed by atoms with Crippen molar-refractivity contribution in [2.24, 2.45) is 0 Å². The van der Waals surface area contributed by atoms with Crippen LogP contribution in [0.5, 0.6) is 0 Å². The molecular weight excluding hydrogens is 613 g/mol. The SMILES string of the molecule is Cc1ccc2c(c1)[nH]c1cc(-c3ccc(-c4ccc(-c5sc(C)c(C(F)(F)F)c5C(F)(F)F)c5nsnc45)s3)ccc12. The molecule has 1 N–H and O–H groups in total. The van der Waals surface area contributed by atoms with Gasteiger partial charge in [0.25, 0.3) is 0 Å². The number of benzene rings is 3. The van der Waals surface area contributed by atoms with E-state index in [0.717, 1.165) is 61.3 Å². The molecule has 4 heterocycles. The molecule has 0 unspecified atom stereocenters. The van der Waals surface area contributed by atoms with Gasteiger partial charge in [-0.2, -0.15) is 35.1 Å². The monoisotopic (exact) mass is 629 g/mol. The fourth-order valence-corrected chi connectivity index (χ4v) is 8.23. The molecule has 0 atom stereocenters. The molecule has 4 aromatic heterocycles. The lowest BCUT2D eigenvalue weighted by Crippen LogP contribution is -2.16. The highest BCUT2D eigenvalue weighted by Crippen LogP contribution is 2.52. The van der Waals surface area contributed by atoms with Crippen molar-refractivity contribution in [3.63, 3.8) is 0 Å². The average Bonchev–Trinajstić information content (AvgIpc) is 3.70. The summed E-state index contributed by atoms with van der Waals surface area (Å²) in [5.74, 6) is 0. The van der Waals surface area contributed by atoms with Gasteiger partial charge in [-0.1, -0.05) is 36.4 Å². The highest BCUT2D eigenvalue weighted by atomic mass is 32.1. The van der Waals surface area contributed by atoms with Gasteiger partial charge in [-0.3, -0.25) is 0 Å². The summed E-state index contributed by atoms with van der Waals surface area (Å²) in [6.07, 6.45) is -10.3. The molecule has 42 heavy (non-hydrogen) atoms. The van der Waals surface area contributed by atoms with E-state index in [1.807, 2.05) is 25.1 Å². The molecule has 3 aromatic carbocycles. The summed E-state index contributed by atoms with van der Waals surface area (Å²) in [6.45, 7) is 3.10. The molecule has 0 fully saturated rings. The van der Waals surface area contributed by atoms with E-state index < -0.39 is 33.2 Å². The van der Waals surface area contributed by atoms with Crippen LogP contribution in [-0.2, 0) is 12.4 Å². The Balaban J connectivity index is 1.32. The number of aromatic amines is 1. The number of thiophene rings is 2. The molecule has 0 radical (unpaired) electrons. The standard InChI is InChI=1S/C30H17F6N3S3/c1-13-3-5-16-17-6-4-15(12-21(17)37-20(16)11-13)22-9-10-23(41-22)18-7-8-19(27-26(18)38-42-39-27)28-25(30(34,35)36)24(14(2)40-28)29(31,32)33/h3-12,37H,1-2H3. The lowest BCUT2D eigenvalue weighted by atomic mass is 10.0. The Labute approximate surface area is 246 Å². The summed E-state index contributed by atoms with van der Waals surface area (Å²) in [7, 11) is 0. The zero-order chi connectivity index (χ0) is 29.6. The molecule has 0 aliphatic heterocycles. The van der Waals surface area contributed by atoms with Crippen molar-refractivity contribution in [3.8, 4) is 31.3 Å². The summed E-state index contributed by atoms with van der Waals surface area (Å²) in [6, 6.07) is 19.4. The third-order valence-electron chi connectivity index (χ3n) is 7.22. The Morgan fingerprint density at radius 3 is 1.98 bits per heavy atom.